The van der Waals surface area contributed by atoms with Gasteiger partial charge in [0.25, 0.3) is 0 Å². The van der Waals surface area contributed by atoms with E-state index in [-0.39, 0.29) is 0 Å². The predicted molar refractivity (Wildman–Crippen MR) is 278 cm³/mol. The summed E-state index contributed by atoms with van der Waals surface area (Å²) in [5.41, 5.74) is 16.7. The van der Waals surface area contributed by atoms with Crippen LogP contribution < -0.4 is 0 Å². The summed E-state index contributed by atoms with van der Waals surface area (Å²) < 4.78 is 0. The Morgan fingerprint density at radius 3 is 1.88 bits per heavy atom. The highest BCUT2D eigenvalue weighted by Crippen LogP contribution is 2.57. The molecule has 3 aromatic heterocycles. The molecule has 3 heterocycles. The molecule has 0 radical (unpaired) electrons. The number of hydrogen-bond donors (Lipinski definition) is 0. The Kier molecular flexibility index (Phi) is 8.20. The first-order chi connectivity index (χ1) is 33.2. The van der Waals surface area contributed by atoms with Crippen LogP contribution >= 0.6 is 0 Å². The average molecular weight is 850 g/mol. The SMILES string of the molecule is c1ccc(C2(c3ccccc3)c3ccccc3-c3cc4c(-c5cccc(-c6ccc7ccc8cc(-c9ccnc%10c9ccc9cccnc9%10)ccc8c7c6)c5)nc5ccccc5c4cc32)cc1. The third kappa shape index (κ3) is 5.62. The first-order valence-electron chi connectivity index (χ1n) is 23.0. The average Bonchev–Trinajstić information content (AvgIpc) is 3.70. The summed E-state index contributed by atoms with van der Waals surface area (Å²) in [6, 6.07) is 82.3. The second kappa shape index (κ2) is 14.6. The molecule has 0 atom stereocenters. The quantitative estimate of drug-likeness (QED) is 0.162. The maximum atomic E-state index is 5.49. The summed E-state index contributed by atoms with van der Waals surface area (Å²) in [4.78, 5) is 15.0. The van der Waals surface area contributed by atoms with E-state index in [0.717, 1.165) is 66.0 Å². The molecule has 0 saturated heterocycles. The van der Waals surface area contributed by atoms with Gasteiger partial charge in [0.2, 0.25) is 0 Å². The molecule has 0 fully saturated rings. The number of rotatable bonds is 5. The van der Waals surface area contributed by atoms with Gasteiger partial charge in [0.05, 0.1) is 27.7 Å². The predicted octanol–water partition coefficient (Wildman–Crippen LogP) is 16.2. The van der Waals surface area contributed by atoms with Gasteiger partial charge in [0, 0.05) is 39.5 Å². The Bertz CT molecular complexity index is 4120. The molecule has 0 spiro atoms. The fourth-order valence-corrected chi connectivity index (χ4v) is 11.4. The lowest BCUT2D eigenvalue weighted by atomic mass is 9.67. The van der Waals surface area contributed by atoms with Crippen molar-refractivity contribution in [2.75, 3.05) is 0 Å². The van der Waals surface area contributed by atoms with Crippen molar-refractivity contribution in [1.82, 2.24) is 15.0 Å². The lowest BCUT2D eigenvalue weighted by molar-refractivity contribution is 0.769. The molecule has 1 aliphatic rings. The van der Waals surface area contributed by atoms with Crippen LogP contribution in [0.3, 0.4) is 0 Å². The van der Waals surface area contributed by atoms with Crippen molar-refractivity contribution in [3.63, 3.8) is 0 Å². The number of nitrogens with zero attached hydrogens (tertiary/aromatic N) is 3. The number of pyridine rings is 3. The fraction of sp³-hybridized carbons (Fsp3) is 0.0156. The van der Waals surface area contributed by atoms with Gasteiger partial charge in [-0.2, -0.15) is 0 Å². The highest BCUT2D eigenvalue weighted by atomic mass is 14.7. The molecule has 0 amide bonds. The molecule has 3 heteroatoms. The molecule has 0 bridgehead atoms. The standard InChI is InChI=1S/C64H39N3/c1-3-16-47(17-4-1)64(48-18-5-2-6-19-48)58-22-9-7-20-51(58)56-38-57-55(39-59(56)64)52-21-8-10-23-60(52)67-61(57)46-14-11-13-42(35-46)43-26-24-40-25-27-44-36-45(29-30-49(44)54(40)37-43)50-32-34-66-63-53(50)31-28-41-15-12-33-65-62(41)63/h1-39H. The van der Waals surface area contributed by atoms with E-state index >= 15 is 0 Å². The Morgan fingerprint density at radius 2 is 1.00 bits per heavy atom. The van der Waals surface area contributed by atoms with E-state index in [1.807, 2.05) is 18.5 Å². The minimum Gasteiger partial charge on any atom is -0.254 e. The highest BCUT2D eigenvalue weighted by molar-refractivity contribution is 6.15. The van der Waals surface area contributed by atoms with E-state index in [4.69, 9.17) is 9.97 Å². The zero-order valence-corrected chi connectivity index (χ0v) is 36.4. The summed E-state index contributed by atoms with van der Waals surface area (Å²) >= 11 is 0. The topological polar surface area (TPSA) is 38.7 Å². The van der Waals surface area contributed by atoms with Crippen LogP contribution in [0.15, 0.2) is 237 Å². The Labute approximate surface area is 387 Å². The summed E-state index contributed by atoms with van der Waals surface area (Å²) in [6.45, 7) is 0. The summed E-state index contributed by atoms with van der Waals surface area (Å²) in [5.74, 6) is 0. The zero-order valence-electron chi connectivity index (χ0n) is 36.4. The number of benzene rings is 10. The molecule has 14 rings (SSSR count). The monoisotopic (exact) mass is 849 g/mol. The normalized spacial score (nSPS) is 12.9. The summed E-state index contributed by atoms with van der Waals surface area (Å²) in [5, 5.41) is 10.6. The minimum absolute atomic E-state index is 0.491. The van der Waals surface area contributed by atoms with Crippen molar-refractivity contribution in [2.45, 2.75) is 5.41 Å². The van der Waals surface area contributed by atoms with Crippen LogP contribution in [0.25, 0.3) is 110 Å². The number of hydrogen-bond acceptors (Lipinski definition) is 3. The Morgan fingerprint density at radius 1 is 0.299 bits per heavy atom. The molecule has 0 N–H and O–H groups in total. The van der Waals surface area contributed by atoms with Gasteiger partial charge in [-0.25, -0.2) is 4.98 Å². The fourth-order valence-electron chi connectivity index (χ4n) is 11.4. The smallest absolute Gasteiger partial charge is 0.0970 e. The minimum atomic E-state index is -0.491. The van der Waals surface area contributed by atoms with E-state index in [9.17, 15) is 0 Å². The van der Waals surface area contributed by atoms with E-state index < -0.39 is 5.41 Å². The first-order valence-corrected chi connectivity index (χ1v) is 23.0. The molecule has 0 aliphatic heterocycles. The van der Waals surface area contributed by atoms with E-state index in [1.165, 1.54) is 65.9 Å². The van der Waals surface area contributed by atoms with E-state index in [0.29, 0.717) is 0 Å². The second-order valence-electron chi connectivity index (χ2n) is 17.9. The Hall–Kier alpha value is -8.79. The largest absolute Gasteiger partial charge is 0.254 e. The first kappa shape index (κ1) is 37.6. The van der Waals surface area contributed by atoms with Crippen molar-refractivity contribution >= 4 is 65.0 Å². The third-order valence-electron chi connectivity index (χ3n) is 14.4. The van der Waals surface area contributed by atoms with Crippen LogP contribution in [0.4, 0.5) is 0 Å². The van der Waals surface area contributed by atoms with Gasteiger partial charge in [-0.3, -0.25) is 9.97 Å². The molecule has 13 aromatic rings. The lowest BCUT2D eigenvalue weighted by Crippen LogP contribution is -2.28. The molecular weight excluding hydrogens is 811 g/mol. The van der Waals surface area contributed by atoms with Gasteiger partial charge in [-0.15, -0.1) is 0 Å². The van der Waals surface area contributed by atoms with Gasteiger partial charge in [0.15, 0.2) is 0 Å². The van der Waals surface area contributed by atoms with Gasteiger partial charge in [-0.05, 0) is 131 Å². The number of aromatic nitrogens is 3. The van der Waals surface area contributed by atoms with Crippen molar-refractivity contribution in [1.29, 1.82) is 0 Å². The van der Waals surface area contributed by atoms with Gasteiger partial charge in [-0.1, -0.05) is 176 Å². The van der Waals surface area contributed by atoms with Crippen LogP contribution in [0, 0.1) is 0 Å². The Balaban J connectivity index is 0.924. The lowest BCUT2D eigenvalue weighted by Gasteiger charge is -2.34. The molecule has 10 aromatic carbocycles. The highest BCUT2D eigenvalue weighted by Gasteiger charge is 2.46. The zero-order chi connectivity index (χ0) is 44.1. The van der Waals surface area contributed by atoms with Crippen molar-refractivity contribution in [2.24, 2.45) is 0 Å². The molecule has 67 heavy (non-hydrogen) atoms. The van der Waals surface area contributed by atoms with Crippen molar-refractivity contribution in [3.8, 4) is 44.6 Å². The van der Waals surface area contributed by atoms with Crippen LogP contribution in [0.1, 0.15) is 22.3 Å². The second-order valence-corrected chi connectivity index (χ2v) is 17.9. The van der Waals surface area contributed by atoms with Gasteiger partial charge < -0.3 is 0 Å². The molecule has 0 unspecified atom stereocenters. The maximum absolute atomic E-state index is 5.49. The van der Waals surface area contributed by atoms with Crippen molar-refractivity contribution in [3.05, 3.63) is 259 Å². The molecule has 1 aliphatic carbocycles. The molecule has 3 nitrogen and oxygen atoms in total. The van der Waals surface area contributed by atoms with Crippen LogP contribution in [0.2, 0.25) is 0 Å². The van der Waals surface area contributed by atoms with E-state index in [1.54, 1.807) is 0 Å². The number of para-hydroxylation sites is 1. The summed E-state index contributed by atoms with van der Waals surface area (Å²) in [7, 11) is 0. The summed E-state index contributed by atoms with van der Waals surface area (Å²) in [6.07, 6.45) is 3.75. The maximum Gasteiger partial charge on any atom is 0.0970 e. The van der Waals surface area contributed by atoms with E-state index in [2.05, 4.69) is 223 Å². The van der Waals surface area contributed by atoms with Gasteiger partial charge >= 0.3 is 0 Å². The third-order valence-corrected chi connectivity index (χ3v) is 14.4. The molecule has 310 valence electrons. The van der Waals surface area contributed by atoms with Crippen molar-refractivity contribution < 1.29 is 0 Å². The molecule has 0 saturated carbocycles. The van der Waals surface area contributed by atoms with Crippen LogP contribution in [0.5, 0.6) is 0 Å². The molecular formula is C64H39N3. The number of fused-ring (bicyclic) bond motifs is 12. The van der Waals surface area contributed by atoms with Crippen LogP contribution in [-0.2, 0) is 5.41 Å². The van der Waals surface area contributed by atoms with Gasteiger partial charge in [0.1, 0.15) is 0 Å². The van der Waals surface area contributed by atoms with Crippen LogP contribution in [-0.4, -0.2) is 15.0 Å².